The van der Waals surface area contributed by atoms with Gasteiger partial charge in [0.05, 0.1) is 0 Å². The van der Waals surface area contributed by atoms with Gasteiger partial charge in [0.2, 0.25) is 0 Å². The third-order valence-corrected chi connectivity index (χ3v) is 2.43. The lowest BCUT2D eigenvalue weighted by Gasteiger charge is -2.20. The maximum Gasteiger partial charge on any atom is 0.303 e. The Hall–Kier alpha value is -0.830. The molecule has 0 heterocycles. The van der Waals surface area contributed by atoms with Gasteiger partial charge in [-0.3, -0.25) is 4.79 Å². The van der Waals surface area contributed by atoms with Crippen LogP contribution in [0.1, 0.15) is 39.0 Å². The summed E-state index contributed by atoms with van der Waals surface area (Å²) in [5.74, 6) is -0.189. The number of carbonyl (C=O) groups is 1. The summed E-state index contributed by atoms with van der Waals surface area (Å²) < 4.78 is 5.15. The van der Waals surface area contributed by atoms with E-state index in [1.165, 1.54) is 12.5 Å². The topological polar surface area (TPSA) is 52.3 Å². The van der Waals surface area contributed by atoms with Crippen LogP contribution < -0.4 is 5.73 Å². The second kappa shape index (κ2) is 5.81. The zero-order valence-corrected chi connectivity index (χ0v) is 8.79. The van der Waals surface area contributed by atoms with Crippen LogP contribution in [0.3, 0.4) is 0 Å². The van der Waals surface area contributed by atoms with Gasteiger partial charge in [-0.25, -0.2) is 0 Å². The summed E-state index contributed by atoms with van der Waals surface area (Å²) in [6.07, 6.45) is 7.40. The third-order valence-electron chi connectivity index (χ3n) is 2.43. The molecule has 0 spiro atoms. The van der Waals surface area contributed by atoms with Gasteiger partial charge >= 0.3 is 5.97 Å². The van der Waals surface area contributed by atoms with Crippen LogP contribution in [0.25, 0.3) is 0 Å². The number of carbonyl (C=O) groups excluding carboxylic acids is 1. The van der Waals surface area contributed by atoms with E-state index in [1.54, 1.807) is 0 Å². The van der Waals surface area contributed by atoms with Crippen molar-refractivity contribution in [2.75, 3.05) is 6.54 Å². The predicted molar refractivity (Wildman–Crippen MR) is 55.8 cm³/mol. The first-order valence-electron chi connectivity index (χ1n) is 5.29. The molecular formula is C11H19NO2. The fourth-order valence-electron chi connectivity index (χ4n) is 1.80. The summed E-state index contributed by atoms with van der Waals surface area (Å²) in [5, 5.41) is 0. The molecule has 0 bridgehead atoms. The molecule has 0 radical (unpaired) electrons. The van der Waals surface area contributed by atoms with Gasteiger partial charge in [0.15, 0.2) is 0 Å². The van der Waals surface area contributed by atoms with Crippen LogP contribution in [0, 0.1) is 0 Å². The first-order chi connectivity index (χ1) is 6.72. The molecule has 0 saturated heterocycles. The quantitative estimate of drug-likeness (QED) is 0.552. The van der Waals surface area contributed by atoms with Crippen molar-refractivity contribution in [1.29, 1.82) is 0 Å². The molecule has 1 rings (SSSR count). The van der Waals surface area contributed by atoms with E-state index in [-0.39, 0.29) is 12.1 Å². The predicted octanol–water partition coefficient (Wildman–Crippen LogP) is 1.77. The Bertz CT molecular complexity index is 223. The molecule has 0 saturated carbocycles. The molecule has 3 heteroatoms. The molecule has 80 valence electrons. The average molecular weight is 197 g/mol. The van der Waals surface area contributed by atoms with Crippen molar-refractivity contribution in [3.63, 3.8) is 0 Å². The minimum absolute atomic E-state index is 0.00836. The summed E-state index contributed by atoms with van der Waals surface area (Å²) in [4.78, 5) is 10.8. The van der Waals surface area contributed by atoms with Crippen molar-refractivity contribution in [3.8, 4) is 0 Å². The summed E-state index contributed by atoms with van der Waals surface area (Å²) >= 11 is 0. The second-order valence-electron chi connectivity index (χ2n) is 3.76. The number of hydrogen-bond acceptors (Lipinski definition) is 3. The van der Waals surface area contributed by atoms with E-state index < -0.39 is 0 Å². The van der Waals surface area contributed by atoms with Gasteiger partial charge in [0.1, 0.15) is 6.10 Å². The minimum Gasteiger partial charge on any atom is -0.458 e. The molecule has 1 aliphatic carbocycles. The normalized spacial score (nSPS) is 21.6. The van der Waals surface area contributed by atoms with Crippen molar-refractivity contribution in [1.82, 2.24) is 0 Å². The summed E-state index contributed by atoms with van der Waals surface area (Å²) in [6.45, 7) is 2.19. The van der Waals surface area contributed by atoms with Crippen LogP contribution in [0.2, 0.25) is 0 Å². The van der Waals surface area contributed by atoms with E-state index in [9.17, 15) is 4.79 Å². The van der Waals surface area contributed by atoms with Crippen LogP contribution in [0.5, 0.6) is 0 Å². The molecule has 14 heavy (non-hydrogen) atoms. The first kappa shape index (κ1) is 11.2. The first-order valence-corrected chi connectivity index (χ1v) is 5.29. The van der Waals surface area contributed by atoms with Gasteiger partial charge in [0, 0.05) is 6.92 Å². The molecule has 0 aliphatic heterocycles. The lowest BCUT2D eigenvalue weighted by atomic mass is 9.94. The summed E-state index contributed by atoms with van der Waals surface area (Å²) in [5.41, 5.74) is 6.84. The molecule has 0 amide bonds. The lowest BCUT2D eigenvalue weighted by Crippen LogP contribution is -2.17. The van der Waals surface area contributed by atoms with E-state index in [4.69, 9.17) is 10.5 Å². The van der Waals surface area contributed by atoms with Gasteiger partial charge in [-0.05, 0) is 44.7 Å². The maximum atomic E-state index is 10.8. The fraction of sp³-hybridized carbons (Fsp3) is 0.727. The third kappa shape index (κ3) is 3.92. The van der Waals surface area contributed by atoms with Gasteiger partial charge in [0.25, 0.3) is 0 Å². The lowest BCUT2D eigenvalue weighted by molar-refractivity contribution is -0.144. The van der Waals surface area contributed by atoms with Crippen LogP contribution in [0.15, 0.2) is 11.6 Å². The highest BCUT2D eigenvalue weighted by Gasteiger charge is 2.15. The van der Waals surface area contributed by atoms with E-state index in [1.807, 2.05) is 0 Å². The van der Waals surface area contributed by atoms with Gasteiger partial charge in [-0.2, -0.15) is 0 Å². The standard InChI is InChI=1S/C11H19NO2/c1-9(13)14-11-6-2-4-10(8-11)5-3-7-12/h8,11H,2-7,12H2,1H3. The molecule has 0 aromatic rings. The molecule has 0 aromatic carbocycles. The Balaban J connectivity index is 2.42. The maximum absolute atomic E-state index is 10.8. The number of nitrogens with two attached hydrogens (primary N) is 1. The molecule has 3 nitrogen and oxygen atoms in total. The number of esters is 1. The zero-order valence-electron chi connectivity index (χ0n) is 8.79. The van der Waals surface area contributed by atoms with Crippen molar-refractivity contribution < 1.29 is 9.53 Å². The monoisotopic (exact) mass is 197 g/mol. The molecule has 2 N–H and O–H groups in total. The van der Waals surface area contributed by atoms with E-state index in [0.717, 1.165) is 38.6 Å². The average Bonchev–Trinajstić information content (AvgIpc) is 2.14. The Kier molecular flexibility index (Phi) is 4.66. The van der Waals surface area contributed by atoms with E-state index in [0.29, 0.717) is 0 Å². The molecule has 0 fully saturated rings. The fourth-order valence-corrected chi connectivity index (χ4v) is 1.80. The van der Waals surface area contributed by atoms with Gasteiger partial charge in [-0.15, -0.1) is 0 Å². The minimum atomic E-state index is -0.189. The number of hydrogen-bond donors (Lipinski definition) is 1. The number of ether oxygens (including phenoxy) is 1. The second-order valence-corrected chi connectivity index (χ2v) is 3.76. The highest BCUT2D eigenvalue weighted by molar-refractivity contribution is 5.66. The number of allylic oxidation sites excluding steroid dienone is 1. The van der Waals surface area contributed by atoms with Gasteiger partial charge < -0.3 is 10.5 Å². The molecular weight excluding hydrogens is 178 g/mol. The molecule has 1 unspecified atom stereocenters. The van der Waals surface area contributed by atoms with Crippen molar-refractivity contribution in [2.45, 2.75) is 45.1 Å². The van der Waals surface area contributed by atoms with Crippen molar-refractivity contribution in [2.24, 2.45) is 5.73 Å². The molecule has 0 aromatic heterocycles. The highest BCUT2D eigenvalue weighted by atomic mass is 16.5. The smallest absolute Gasteiger partial charge is 0.303 e. The van der Waals surface area contributed by atoms with Gasteiger partial charge in [-0.1, -0.05) is 5.57 Å². The van der Waals surface area contributed by atoms with Crippen LogP contribution in [-0.2, 0) is 9.53 Å². The Morgan fingerprint density at radius 1 is 1.71 bits per heavy atom. The highest BCUT2D eigenvalue weighted by Crippen LogP contribution is 2.23. The Labute approximate surface area is 85.3 Å². The molecule has 1 aliphatic rings. The Morgan fingerprint density at radius 2 is 2.50 bits per heavy atom. The SMILES string of the molecule is CC(=O)OC1C=C(CCCN)CCC1. The Morgan fingerprint density at radius 3 is 3.14 bits per heavy atom. The summed E-state index contributed by atoms with van der Waals surface area (Å²) in [7, 11) is 0. The summed E-state index contributed by atoms with van der Waals surface area (Å²) in [6, 6.07) is 0. The molecule has 1 atom stereocenters. The van der Waals surface area contributed by atoms with Crippen molar-refractivity contribution in [3.05, 3.63) is 11.6 Å². The van der Waals surface area contributed by atoms with E-state index in [2.05, 4.69) is 6.08 Å². The largest absolute Gasteiger partial charge is 0.458 e. The van der Waals surface area contributed by atoms with Crippen LogP contribution >= 0.6 is 0 Å². The van der Waals surface area contributed by atoms with Crippen molar-refractivity contribution >= 4 is 5.97 Å². The zero-order chi connectivity index (χ0) is 10.4. The van der Waals surface area contributed by atoms with Crippen LogP contribution in [-0.4, -0.2) is 18.6 Å². The van der Waals surface area contributed by atoms with E-state index >= 15 is 0 Å². The van der Waals surface area contributed by atoms with Crippen LogP contribution in [0.4, 0.5) is 0 Å². The number of rotatable bonds is 4.